The lowest BCUT2D eigenvalue weighted by Crippen LogP contribution is -2.38. The van der Waals surface area contributed by atoms with Gasteiger partial charge in [0.25, 0.3) is 11.8 Å². The van der Waals surface area contributed by atoms with Crippen LogP contribution in [-0.4, -0.2) is 48.4 Å². The van der Waals surface area contributed by atoms with Crippen LogP contribution in [0.15, 0.2) is 72.9 Å². The molecule has 1 unspecified atom stereocenters. The molecule has 7 heteroatoms. The van der Waals surface area contributed by atoms with Gasteiger partial charge in [-0.05, 0) is 67.2 Å². The van der Waals surface area contributed by atoms with Crippen molar-refractivity contribution in [2.24, 2.45) is 0 Å². The van der Waals surface area contributed by atoms with E-state index in [1.165, 1.54) is 0 Å². The Morgan fingerprint density at radius 2 is 1.73 bits per heavy atom. The first-order valence-electron chi connectivity index (χ1n) is 11.0. The first-order valence-corrected chi connectivity index (χ1v) is 11.0. The molecule has 0 bridgehead atoms. The first-order chi connectivity index (χ1) is 16.0. The lowest BCUT2D eigenvalue weighted by Gasteiger charge is -2.30. The van der Waals surface area contributed by atoms with Gasteiger partial charge >= 0.3 is 0 Å². The average molecular weight is 447 g/mol. The standard InChI is InChI=1S/C26H30N4O3/c1-4-30(5-2)24(20-9-8-10-22(17-20)33-3)18-28-25(31)19-12-14-21(15-13-19)29-26(32)23-11-6-7-16-27-23/h6-17,24H,4-5,18H2,1-3H3,(H,28,31)(H,29,32). The third-order valence-electron chi connectivity index (χ3n) is 5.49. The van der Waals surface area contributed by atoms with E-state index in [0.29, 0.717) is 23.5 Å². The van der Waals surface area contributed by atoms with E-state index < -0.39 is 0 Å². The maximum absolute atomic E-state index is 12.8. The van der Waals surface area contributed by atoms with Crippen LogP contribution in [0.3, 0.4) is 0 Å². The monoisotopic (exact) mass is 446 g/mol. The van der Waals surface area contributed by atoms with Crippen LogP contribution in [0.25, 0.3) is 0 Å². The highest BCUT2D eigenvalue weighted by molar-refractivity contribution is 6.03. The maximum atomic E-state index is 12.8. The third kappa shape index (κ3) is 6.40. The van der Waals surface area contributed by atoms with Crippen LogP contribution in [0.4, 0.5) is 5.69 Å². The fraction of sp³-hybridized carbons (Fsp3) is 0.269. The van der Waals surface area contributed by atoms with Crippen molar-refractivity contribution in [2.45, 2.75) is 19.9 Å². The number of nitrogens with zero attached hydrogens (tertiary/aromatic N) is 2. The SMILES string of the molecule is CCN(CC)C(CNC(=O)c1ccc(NC(=O)c2ccccn2)cc1)c1cccc(OC)c1. The second-order valence-electron chi connectivity index (χ2n) is 7.47. The molecule has 7 nitrogen and oxygen atoms in total. The van der Waals surface area contributed by atoms with Gasteiger partial charge in [-0.1, -0.05) is 32.0 Å². The number of carbonyl (C=O) groups is 2. The Morgan fingerprint density at radius 3 is 2.36 bits per heavy atom. The van der Waals surface area contributed by atoms with Crippen molar-refractivity contribution in [1.29, 1.82) is 0 Å². The minimum absolute atomic E-state index is 0.0241. The number of carbonyl (C=O) groups excluding carboxylic acids is 2. The predicted octanol–water partition coefficient (Wildman–Crippen LogP) is 4.16. The van der Waals surface area contributed by atoms with Crippen molar-refractivity contribution in [3.8, 4) is 5.75 Å². The molecule has 2 N–H and O–H groups in total. The van der Waals surface area contributed by atoms with Crippen LogP contribution in [0, 0.1) is 0 Å². The molecule has 3 aromatic rings. The number of aromatic nitrogens is 1. The molecule has 1 aromatic heterocycles. The molecule has 3 rings (SSSR count). The van der Waals surface area contributed by atoms with Gasteiger partial charge < -0.3 is 15.4 Å². The first kappa shape index (κ1) is 23.9. The van der Waals surface area contributed by atoms with Crippen molar-refractivity contribution in [1.82, 2.24) is 15.2 Å². The van der Waals surface area contributed by atoms with Crippen molar-refractivity contribution in [3.63, 3.8) is 0 Å². The molecule has 2 aromatic carbocycles. The summed E-state index contributed by atoms with van der Waals surface area (Å²) in [6, 6.07) is 19.9. The van der Waals surface area contributed by atoms with Crippen molar-refractivity contribution < 1.29 is 14.3 Å². The number of hydrogen-bond donors (Lipinski definition) is 2. The summed E-state index contributed by atoms with van der Waals surface area (Å²) in [6.45, 7) is 6.40. The average Bonchev–Trinajstić information content (AvgIpc) is 2.87. The summed E-state index contributed by atoms with van der Waals surface area (Å²) in [7, 11) is 1.65. The number of likely N-dealkylation sites (N-methyl/N-ethyl adjacent to an activating group) is 1. The summed E-state index contributed by atoms with van der Waals surface area (Å²) in [5, 5.41) is 5.84. The molecule has 0 aliphatic heterocycles. The molecule has 0 spiro atoms. The number of pyridine rings is 1. The molecule has 0 fully saturated rings. The minimum atomic E-state index is -0.298. The number of amides is 2. The second kappa shape index (κ2) is 11.8. The molecule has 0 radical (unpaired) electrons. The summed E-state index contributed by atoms with van der Waals surface area (Å²) >= 11 is 0. The van der Waals surface area contributed by atoms with Crippen LogP contribution >= 0.6 is 0 Å². The van der Waals surface area contributed by atoms with Gasteiger partial charge in [0.1, 0.15) is 11.4 Å². The topological polar surface area (TPSA) is 83.6 Å². The van der Waals surface area contributed by atoms with E-state index in [2.05, 4.69) is 40.4 Å². The molecule has 2 amide bonds. The molecular formula is C26H30N4O3. The highest BCUT2D eigenvalue weighted by Gasteiger charge is 2.20. The molecule has 0 aliphatic rings. The Labute approximate surface area is 194 Å². The zero-order chi connectivity index (χ0) is 23.6. The number of rotatable bonds is 10. The molecule has 33 heavy (non-hydrogen) atoms. The van der Waals surface area contributed by atoms with Crippen molar-refractivity contribution >= 4 is 17.5 Å². The maximum Gasteiger partial charge on any atom is 0.274 e. The normalized spacial score (nSPS) is 11.6. The summed E-state index contributed by atoms with van der Waals surface area (Å²) in [5.41, 5.74) is 2.54. The van der Waals surface area contributed by atoms with Crippen LogP contribution in [0.2, 0.25) is 0 Å². The minimum Gasteiger partial charge on any atom is -0.497 e. The van der Waals surface area contributed by atoms with Gasteiger partial charge in [0.15, 0.2) is 0 Å². The Hall–Kier alpha value is -3.71. The van der Waals surface area contributed by atoms with Crippen LogP contribution in [0.1, 0.15) is 46.3 Å². The Balaban J connectivity index is 1.65. The quantitative estimate of drug-likeness (QED) is 0.489. The molecule has 0 aliphatic carbocycles. The smallest absolute Gasteiger partial charge is 0.274 e. The van der Waals surface area contributed by atoms with Crippen LogP contribution < -0.4 is 15.4 Å². The van der Waals surface area contributed by atoms with Crippen LogP contribution in [0.5, 0.6) is 5.75 Å². The van der Waals surface area contributed by atoms with E-state index in [1.807, 2.05) is 18.2 Å². The van der Waals surface area contributed by atoms with Gasteiger partial charge in [-0.15, -0.1) is 0 Å². The zero-order valence-corrected chi connectivity index (χ0v) is 19.2. The summed E-state index contributed by atoms with van der Waals surface area (Å²) in [5.74, 6) is 0.324. The molecule has 172 valence electrons. The lowest BCUT2D eigenvalue weighted by atomic mass is 10.0. The number of methoxy groups -OCH3 is 1. The lowest BCUT2D eigenvalue weighted by molar-refractivity contribution is 0.0934. The Kier molecular flexibility index (Phi) is 8.55. The fourth-order valence-electron chi connectivity index (χ4n) is 3.66. The van der Waals surface area contributed by atoms with E-state index in [4.69, 9.17) is 4.74 Å². The van der Waals surface area contributed by atoms with E-state index in [-0.39, 0.29) is 17.9 Å². The number of benzene rings is 2. The van der Waals surface area contributed by atoms with Gasteiger partial charge in [0.05, 0.1) is 13.2 Å². The summed E-state index contributed by atoms with van der Waals surface area (Å²) in [6.07, 6.45) is 1.57. The predicted molar refractivity (Wildman–Crippen MR) is 130 cm³/mol. The van der Waals surface area contributed by atoms with Gasteiger partial charge in [-0.2, -0.15) is 0 Å². The zero-order valence-electron chi connectivity index (χ0n) is 19.2. The Bertz CT molecular complexity index is 1050. The molecule has 0 saturated heterocycles. The number of anilines is 1. The van der Waals surface area contributed by atoms with Gasteiger partial charge in [-0.25, -0.2) is 0 Å². The van der Waals surface area contributed by atoms with Crippen LogP contribution in [-0.2, 0) is 0 Å². The summed E-state index contributed by atoms with van der Waals surface area (Å²) in [4.78, 5) is 31.4. The molecule has 1 atom stereocenters. The molecular weight excluding hydrogens is 416 g/mol. The van der Waals surface area contributed by atoms with Gasteiger partial charge in [0, 0.05) is 24.0 Å². The second-order valence-corrected chi connectivity index (χ2v) is 7.47. The number of nitrogens with one attached hydrogen (secondary N) is 2. The molecule has 1 heterocycles. The Morgan fingerprint density at radius 1 is 0.970 bits per heavy atom. The van der Waals surface area contributed by atoms with E-state index in [0.717, 1.165) is 24.4 Å². The van der Waals surface area contributed by atoms with E-state index >= 15 is 0 Å². The number of ether oxygens (including phenoxy) is 1. The fourth-order valence-corrected chi connectivity index (χ4v) is 3.66. The highest BCUT2D eigenvalue weighted by Crippen LogP contribution is 2.24. The molecule has 0 saturated carbocycles. The summed E-state index contributed by atoms with van der Waals surface area (Å²) < 4.78 is 5.37. The van der Waals surface area contributed by atoms with E-state index in [9.17, 15) is 9.59 Å². The van der Waals surface area contributed by atoms with Crippen molar-refractivity contribution in [3.05, 3.63) is 89.7 Å². The van der Waals surface area contributed by atoms with Gasteiger partial charge in [0.2, 0.25) is 0 Å². The van der Waals surface area contributed by atoms with E-state index in [1.54, 1.807) is 55.8 Å². The van der Waals surface area contributed by atoms with Crippen molar-refractivity contribution in [2.75, 3.05) is 32.1 Å². The van der Waals surface area contributed by atoms with Gasteiger partial charge in [-0.3, -0.25) is 19.5 Å². The number of hydrogen-bond acceptors (Lipinski definition) is 5. The highest BCUT2D eigenvalue weighted by atomic mass is 16.5. The third-order valence-corrected chi connectivity index (χ3v) is 5.49. The largest absolute Gasteiger partial charge is 0.497 e.